The number of imidazole rings is 1. The van der Waals surface area contributed by atoms with Crippen LogP contribution in [-0.2, 0) is 6.42 Å². The highest BCUT2D eigenvalue weighted by Gasteiger charge is 2.25. The van der Waals surface area contributed by atoms with Gasteiger partial charge in [-0.3, -0.25) is 9.20 Å². The van der Waals surface area contributed by atoms with E-state index in [0.717, 1.165) is 72.5 Å². The lowest BCUT2D eigenvalue weighted by atomic mass is 10.2. The van der Waals surface area contributed by atoms with Crippen LogP contribution in [0.3, 0.4) is 0 Å². The maximum atomic E-state index is 13.2. The van der Waals surface area contributed by atoms with Crippen molar-refractivity contribution in [3.8, 4) is 0 Å². The summed E-state index contributed by atoms with van der Waals surface area (Å²) in [4.78, 5) is 19.9. The van der Waals surface area contributed by atoms with Crippen LogP contribution in [0, 0.1) is 6.92 Å². The molecule has 1 amide bonds. The molecule has 0 radical (unpaired) electrons. The number of carbonyl (C=O) groups excluding carboxylic acids is 1. The van der Waals surface area contributed by atoms with Crippen LogP contribution >= 0.6 is 15.9 Å². The summed E-state index contributed by atoms with van der Waals surface area (Å²) in [7, 11) is 0. The SMILES string of the molecule is CCCc1nc2c(C)cc(Br)cn2c1C(=O)N1CCCNCC1. The lowest BCUT2D eigenvalue weighted by Gasteiger charge is -2.20. The number of hydrogen-bond donors (Lipinski definition) is 1. The molecule has 0 aromatic carbocycles. The Balaban J connectivity index is 2.09. The maximum Gasteiger partial charge on any atom is 0.272 e. The van der Waals surface area contributed by atoms with Crippen LogP contribution < -0.4 is 5.32 Å². The van der Waals surface area contributed by atoms with Gasteiger partial charge in [0, 0.05) is 30.3 Å². The van der Waals surface area contributed by atoms with Crippen molar-refractivity contribution >= 4 is 27.5 Å². The highest BCUT2D eigenvalue weighted by Crippen LogP contribution is 2.23. The molecule has 0 saturated carbocycles. The summed E-state index contributed by atoms with van der Waals surface area (Å²) in [5.41, 5.74) is 3.60. The van der Waals surface area contributed by atoms with E-state index in [4.69, 9.17) is 4.98 Å². The van der Waals surface area contributed by atoms with Crippen LogP contribution in [-0.4, -0.2) is 46.4 Å². The third-order valence-corrected chi connectivity index (χ3v) is 4.69. The maximum absolute atomic E-state index is 13.2. The van der Waals surface area contributed by atoms with Crippen molar-refractivity contribution in [1.82, 2.24) is 19.6 Å². The van der Waals surface area contributed by atoms with Crippen molar-refractivity contribution in [3.63, 3.8) is 0 Å². The van der Waals surface area contributed by atoms with E-state index in [-0.39, 0.29) is 5.91 Å². The Morgan fingerprint density at radius 3 is 3.00 bits per heavy atom. The Hall–Kier alpha value is -1.40. The minimum absolute atomic E-state index is 0.0992. The lowest BCUT2D eigenvalue weighted by molar-refractivity contribution is 0.0758. The molecule has 0 unspecified atom stereocenters. The van der Waals surface area contributed by atoms with Gasteiger partial charge in [-0.15, -0.1) is 0 Å². The summed E-state index contributed by atoms with van der Waals surface area (Å²) in [5, 5.41) is 3.35. The first kappa shape index (κ1) is 16.5. The first-order valence-corrected chi connectivity index (χ1v) is 9.08. The van der Waals surface area contributed by atoms with E-state index < -0.39 is 0 Å². The molecule has 6 heteroatoms. The molecule has 1 fully saturated rings. The van der Waals surface area contributed by atoms with E-state index in [1.165, 1.54) is 0 Å². The standard InChI is InChI=1S/C17H23BrN4O/c1-3-5-14-15(17(23)21-8-4-6-19-7-9-21)22-11-13(18)10-12(2)16(22)20-14/h10-11,19H,3-9H2,1-2H3. The number of aromatic nitrogens is 2. The van der Waals surface area contributed by atoms with Crippen LogP contribution in [0.1, 0.15) is 41.5 Å². The Morgan fingerprint density at radius 2 is 2.22 bits per heavy atom. The number of hydrogen-bond acceptors (Lipinski definition) is 3. The highest BCUT2D eigenvalue weighted by atomic mass is 79.9. The topological polar surface area (TPSA) is 49.6 Å². The largest absolute Gasteiger partial charge is 0.336 e. The predicted molar refractivity (Wildman–Crippen MR) is 95.0 cm³/mol. The van der Waals surface area contributed by atoms with Gasteiger partial charge in [-0.1, -0.05) is 13.3 Å². The van der Waals surface area contributed by atoms with Gasteiger partial charge in [-0.2, -0.15) is 0 Å². The third-order valence-electron chi connectivity index (χ3n) is 4.26. The van der Waals surface area contributed by atoms with Crippen LogP contribution in [0.15, 0.2) is 16.7 Å². The Kier molecular flexibility index (Phi) is 5.02. The van der Waals surface area contributed by atoms with Gasteiger partial charge < -0.3 is 10.2 Å². The molecule has 0 aliphatic carbocycles. The van der Waals surface area contributed by atoms with E-state index in [1.807, 2.05) is 28.5 Å². The van der Waals surface area contributed by atoms with Crippen LogP contribution in [0.5, 0.6) is 0 Å². The van der Waals surface area contributed by atoms with E-state index in [9.17, 15) is 4.79 Å². The summed E-state index contributed by atoms with van der Waals surface area (Å²) >= 11 is 3.54. The van der Waals surface area contributed by atoms with Crippen molar-refractivity contribution in [1.29, 1.82) is 0 Å². The summed E-state index contributed by atoms with van der Waals surface area (Å²) < 4.78 is 2.93. The summed E-state index contributed by atoms with van der Waals surface area (Å²) in [6.07, 6.45) is 4.75. The van der Waals surface area contributed by atoms with Crippen molar-refractivity contribution in [3.05, 3.63) is 33.7 Å². The zero-order valence-corrected chi connectivity index (χ0v) is 15.3. The van der Waals surface area contributed by atoms with Gasteiger partial charge in [0.25, 0.3) is 5.91 Å². The number of carbonyl (C=O) groups is 1. The average molecular weight is 379 g/mol. The molecule has 1 aliphatic heterocycles. The molecule has 2 aromatic heterocycles. The van der Waals surface area contributed by atoms with Crippen LogP contribution in [0.2, 0.25) is 0 Å². The number of fused-ring (bicyclic) bond motifs is 1. The van der Waals surface area contributed by atoms with E-state index in [1.54, 1.807) is 0 Å². The molecule has 5 nitrogen and oxygen atoms in total. The molecule has 0 bridgehead atoms. The fourth-order valence-corrected chi connectivity index (χ4v) is 3.70. The second kappa shape index (κ2) is 7.01. The van der Waals surface area contributed by atoms with Crippen molar-refractivity contribution in [2.75, 3.05) is 26.2 Å². The van der Waals surface area contributed by atoms with Gasteiger partial charge in [0.05, 0.1) is 5.69 Å². The minimum Gasteiger partial charge on any atom is -0.336 e. The number of nitrogens with one attached hydrogen (secondary N) is 1. The molecule has 1 N–H and O–H groups in total. The Labute approximate surface area is 145 Å². The molecule has 1 aliphatic rings. The number of amides is 1. The lowest BCUT2D eigenvalue weighted by Crippen LogP contribution is -2.35. The molecule has 2 aromatic rings. The monoisotopic (exact) mass is 378 g/mol. The summed E-state index contributed by atoms with van der Waals surface area (Å²) in [6.45, 7) is 7.55. The predicted octanol–water partition coefficient (Wildman–Crippen LogP) is 2.79. The van der Waals surface area contributed by atoms with Crippen molar-refractivity contribution < 1.29 is 4.79 Å². The first-order valence-electron chi connectivity index (χ1n) is 8.29. The van der Waals surface area contributed by atoms with Crippen molar-refractivity contribution in [2.24, 2.45) is 0 Å². The average Bonchev–Trinajstić information content (AvgIpc) is 2.71. The molecule has 3 rings (SSSR count). The van der Waals surface area contributed by atoms with Crippen molar-refractivity contribution in [2.45, 2.75) is 33.1 Å². The van der Waals surface area contributed by atoms with Gasteiger partial charge >= 0.3 is 0 Å². The molecule has 1 saturated heterocycles. The van der Waals surface area contributed by atoms with Gasteiger partial charge in [-0.05, 0) is 53.9 Å². The first-order chi connectivity index (χ1) is 11.1. The van der Waals surface area contributed by atoms with Crippen LogP contribution in [0.25, 0.3) is 5.65 Å². The number of nitrogens with zero attached hydrogens (tertiary/aromatic N) is 3. The Morgan fingerprint density at radius 1 is 1.39 bits per heavy atom. The molecule has 23 heavy (non-hydrogen) atoms. The second-order valence-electron chi connectivity index (χ2n) is 6.09. The van der Waals surface area contributed by atoms with Gasteiger partial charge in [0.1, 0.15) is 11.3 Å². The molecule has 3 heterocycles. The molecule has 0 atom stereocenters. The molecular formula is C17H23BrN4O. The fourth-order valence-electron chi connectivity index (χ4n) is 3.15. The van der Waals surface area contributed by atoms with Gasteiger partial charge in [-0.25, -0.2) is 4.98 Å². The number of pyridine rings is 1. The third kappa shape index (κ3) is 3.28. The summed E-state index contributed by atoms with van der Waals surface area (Å²) in [5.74, 6) is 0.0992. The molecule has 0 spiro atoms. The van der Waals surface area contributed by atoms with Gasteiger partial charge in [0.2, 0.25) is 0 Å². The summed E-state index contributed by atoms with van der Waals surface area (Å²) in [6, 6.07) is 2.04. The quantitative estimate of drug-likeness (QED) is 0.892. The number of halogens is 1. The Bertz CT molecular complexity index is 717. The molecule has 124 valence electrons. The van der Waals surface area contributed by atoms with E-state index >= 15 is 0 Å². The zero-order valence-electron chi connectivity index (χ0n) is 13.7. The zero-order chi connectivity index (χ0) is 16.4. The van der Waals surface area contributed by atoms with E-state index in [0.29, 0.717) is 0 Å². The normalized spacial score (nSPS) is 15.9. The van der Waals surface area contributed by atoms with Gasteiger partial charge in [0.15, 0.2) is 0 Å². The molecular weight excluding hydrogens is 356 g/mol. The number of rotatable bonds is 3. The highest BCUT2D eigenvalue weighted by molar-refractivity contribution is 9.10. The number of aryl methyl sites for hydroxylation is 2. The smallest absolute Gasteiger partial charge is 0.272 e. The second-order valence-corrected chi connectivity index (χ2v) is 7.00. The fraction of sp³-hybridized carbons (Fsp3) is 0.529. The minimum atomic E-state index is 0.0992. The van der Waals surface area contributed by atoms with Crippen LogP contribution in [0.4, 0.5) is 0 Å². The van der Waals surface area contributed by atoms with E-state index in [2.05, 4.69) is 28.2 Å².